The molecule has 0 spiro atoms. The summed E-state index contributed by atoms with van der Waals surface area (Å²) in [7, 11) is 1.56. The fourth-order valence-electron chi connectivity index (χ4n) is 4.39. The standard InChI is InChI=1S/C29H24N2O3/c1-18-10-8-15-23(19(18)2)30-27-26(22-14-6-7-17-25(22)34-3)28(32)31(29(27)33)24-16-9-12-20-11-4-5-13-21(20)24/h4-17,30H,1-3H3. The van der Waals surface area contributed by atoms with Gasteiger partial charge in [0.15, 0.2) is 0 Å². The molecule has 34 heavy (non-hydrogen) atoms. The zero-order chi connectivity index (χ0) is 23.8. The second kappa shape index (κ2) is 8.52. The maximum absolute atomic E-state index is 13.9. The molecule has 1 N–H and O–H groups in total. The normalized spacial score (nSPS) is 13.7. The van der Waals surface area contributed by atoms with Crippen LogP contribution in [0.15, 0.2) is 90.6 Å². The van der Waals surface area contributed by atoms with Gasteiger partial charge in [0.05, 0.1) is 18.4 Å². The highest BCUT2D eigenvalue weighted by molar-refractivity contribution is 6.47. The molecule has 0 saturated heterocycles. The quantitative estimate of drug-likeness (QED) is 0.389. The van der Waals surface area contributed by atoms with Crippen LogP contribution >= 0.6 is 0 Å². The first kappa shape index (κ1) is 21.5. The lowest BCUT2D eigenvalue weighted by Crippen LogP contribution is -2.32. The molecule has 0 radical (unpaired) electrons. The number of imide groups is 1. The fraction of sp³-hybridized carbons (Fsp3) is 0.103. The summed E-state index contributed by atoms with van der Waals surface area (Å²) in [6.07, 6.45) is 0. The minimum absolute atomic E-state index is 0.233. The van der Waals surface area contributed by atoms with E-state index in [1.165, 1.54) is 4.90 Å². The number of ether oxygens (including phenoxy) is 1. The molecule has 0 aliphatic carbocycles. The molecule has 0 aromatic heterocycles. The van der Waals surface area contributed by atoms with E-state index in [9.17, 15) is 9.59 Å². The van der Waals surface area contributed by atoms with Gasteiger partial charge in [-0.25, -0.2) is 4.90 Å². The van der Waals surface area contributed by atoms with Crippen molar-refractivity contribution < 1.29 is 14.3 Å². The van der Waals surface area contributed by atoms with Crippen LogP contribution in [0.1, 0.15) is 16.7 Å². The number of nitrogens with one attached hydrogen (secondary N) is 1. The van der Waals surface area contributed by atoms with E-state index in [0.29, 0.717) is 17.0 Å². The Labute approximate surface area is 198 Å². The van der Waals surface area contributed by atoms with Crippen molar-refractivity contribution in [3.05, 3.63) is 107 Å². The molecule has 4 aromatic rings. The number of para-hydroxylation sites is 1. The smallest absolute Gasteiger partial charge is 0.282 e. The predicted molar refractivity (Wildman–Crippen MR) is 136 cm³/mol. The van der Waals surface area contributed by atoms with E-state index >= 15 is 0 Å². The Morgan fingerprint density at radius 1 is 0.765 bits per heavy atom. The van der Waals surface area contributed by atoms with E-state index in [2.05, 4.69) is 5.32 Å². The number of fused-ring (bicyclic) bond motifs is 1. The summed E-state index contributed by atoms with van der Waals surface area (Å²) in [4.78, 5) is 29.1. The number of methoxy groups -OCH3 is 1. The van der Waals surface area contributed by atoms with E-state index in [-0.39, 0.29) is 11.3 Å². The van der Waals surface area contributed by atoms with Crippen LogP contribution in [0.25, 0.3) is 16.3 Å². The minimum atomic E-state index is -0.400. The van der Waals surface area contributed by atoms with Crippen LogP contribution in [-0.2, 0) is 9.59 Å². The molecule has 4 aromatic carbocycles. The average Bonchev–Trinajstić information content (AvgIpc) is 3.10. The minimum Gasteiger partial charge on any atom is -0.496 e. The first-order valence-electron chi connectivity index (χ1n) is 11.1. The SMILES string of the molecule is COc1ccccc1C1=C(Nc2cccc(C)c2C)C(=O)N(c2cccc3ccccc23)C1=O. The lowest BCUT2D eigenvalue weighted by atomic mass is 10.0. The van der Waals surface area contributed by atoms with E-state index in [4.69, 9.17) is 4.74 Å². The lowest BCUT2D eigenvalue weighted by molar-refractivity contribution is -0.120. The molecule has 168 valence electrons. The largest absolute Gasteiger partial charge is 0.496 e. The third kappa shape index (κ3) is 3.42. The maximum Gasteiger partial charge on any atom is 0.282 e. The summed E-state index contributed by atoms with van der Waals surface area (Å²) in [5.41, 5.74) is 4.53. The van der Waals surface area contributed by atoms with Gasteiger partial charge in [-0.1, -0.05) is 66.7 Å². The number of amides is 2. The van der Waals surface area contributed by atoms with E-state index in [1.807, 2.05) is 80.6 Å². The van der Waals surface area contributed by atoms with E-state index in [0.717, 1.165) is 27.6 Å². The molecule has 0 unspecified atom stereocenters. The molecule has 1 aliphatic heterocycles. The molecule has 0 fully saturated rings. The van der Waals surface area contributed by atoms with Crippen LogP contribution in [0.5, 0.6) is 5.75 Å². The number of carbonyl (C=O) groups is 2. The molecular weight excluding hydrogens is 424 g/mol. The number of rotatable bonds is 5. The Balaban J connectivity index is 1.71. The summed E-state index contributed by atoms with van der Waals surface area (Å²) in [5.74, 6) is -0.263. The van der Waals surface area contributed by atoms with Crippen LogP contribution in [0.3, 0.4) is 0 Å². The molecule has 2 amide bonds. The molecular formula is C29H24N2O3. The average molecular weight is 449 g/mol. The third-order valence-electron chi connectivity index (χ3n) is 6.33. The predicted octanol–water partition coefficient (Wildman–Crippen LogP) is 5.86. The van der Waals surface area contributed by atoms with Crippen LogP contribution in [0.2, 0.25) is 0 Å². The van der Waals surface area contributed by atoms with Gasteiger partial charge in [-0.15, -0.1) is 0 Å². The number of hydrogen-bond acceptors (Lipinski definition) is 4. The number of anilines is 2. The van der Waals surface area contributed by atoms with Gasteiger partial charge in [-0.05, 0) is 48.6 Å². The highest BCUT2D eigenvalue weighted by Crippen LogP contribution is 2.39. The fourth-order valence-corrected chi connectivity index (χ4v) is 4.39. The van der Waals surface area contributed by atoms with Gasteiger partial charge < -0.3 is 10.1 Å². The van der Waals surface area contributed by atoms with Gasteiger partial charge in [-0.2, -0.15) is 0 Å². The first-order valence-corrected chi connectivity index (χ1v) is 11.1. The maximum atomic E-state index is 13.9. The van der Waals surface area contributed by atoms with Crippen molar-refractivity contribution in [1.29, 1.82) is 0 Å². The van der Waals surface area contributed by atoms with Crippen LogP contribution < -0.4 is 15.0 Å². The molecule has 5 rings (SSSR count). The summed E-state index contributed by atoms with van der Waals surface area (Å²) in [6, 6.07) is 26.5. The Bertz CT molecular complexity index is 1480. The van der Waals surface area contributed by atoms with Gasteiger partial charge in [0.1, 0.15) is 11.4 Å². The van der Waals surface area contributed by atoms with Crippen molar-refractivity contribution in [3.63, 3.8) is 0 Å². The molecule has 5 nitrogen and oxygen atoms in total. The highest BCUT2D eigenvalue weighted by Gasteiger charge is 2.41. The van der Waals surface area contributed by atoms with Crippen molar-refractivity contribution in [3.8, 4) is 5.75 Å². The summed E-state index contributed by atoms with van der Waals surface area (Å²) < 4.78 is 5.55. The highest BCUT2D eigenvalue weighted by atomic mass is 16.5. The number of carbonyl (C=O) groups excluding carboxylic acids is 2. The van der Waals surface area contributed by atoms with Crippen molar-refractivity contribution in [2.24, 2.45) is 0 Å². The third-order valence-corrected chi connectivity index (χ3v) is 6.33. The number of hydrogen-bond donors (Lipinski definition) is 1. The second-order valence-corrected chi connectivity index (χ2v) is 8.27. The van der Waals surface area contributed by atoms with E-state index < -0.39 is 11.8 Å². The lowest BCUT2D eigenvalue weighted by Gasteiger charge is -2.18. The Hall–Kier alpha value is -4.38. The topological polar surface area (TPSA) is 58.6 Å². The van der Waals surface area contributed by atoms with Gasteiger partial charge in [-0.3, -0.25) is 9.59 Å². The van der Waals surface area contributed by atoms with Crippen LogP contribution in [0.4, 0.5) is 11.4 Å². The number of nitrogens with zero attached hydrogens (tertiary/aromatic N) is 1. The zero-order valence-corrected chi connectivity index (χ0v) is 19.3. The molecule has 1 heterocycles. The second-order valence-electron chi connectivity index (χ2n) is 8.27. The van der Waals surface area contributed by atoms with Crippen molar-refractivity contribution in [2.45, 2.75) is 13.8 Å². The Morgan fingerprint density at radius 2 is 1.47 bits per heavy atom. The molecule has 0 bridgehead atoms. The van der Waals surface area contributed by atoms with E-state index in [1.54, 1.807) is 25.3 Å². The van der Waals surface area contributed by atoms with Gasteiger partial charge in [0.25, 0.3) is 11.8 Å². The van der Waals surface area contributed by atoms with Crippen molar-refractivity contribution >= 4 is 39.5 Å². The van der Waals surface area contributed by atoms with Crippen LogP contribution in [0, 0.1) is 13.8 Å². The van der Waals surface area contributed by atoms with Gasteiger partial charge in [0, 0.05) is 16.6 Å². The van der Waals surface area contributed by atoms with Crippen molar-refractivity contribution in [1.82, 2.24) is 0 Å². The zero-order valence-electron chi connectivity index (χ0n) is 19.3. The Kier molecular flexibility index (Phi) is 5.38. The molecule has 1 aliphatic rings. The van der Waals surface area contributed by atoms with Crippen LogP contribution in [-0.4, -0.2) is 18.9 Å². The summed E-state index contributed by atoms with van der Waals surface area (Å²) in [6.45, 7) is 4.00. The monoisotopic (exact) mass is 448 g/mol. The first-order chi connectivity index (χ1) is 16.5. The molecule has 5 heteroatoms. The van der Waals surface area contributed by atoms with Gasteiger partial charge >= 0.3 is 0 Å². The van der Waals surface area contributed by atoms with Gasteiger partial charge in [0.2, 0.25) is 0 Å². The molecule has 0 atom stereocenters. The summed E-state index contributed by atoms with van der Waals surface area (Å²) in [5, 5.41) is 5.08. The number of aryl methyl sites for hydroxylation is 1. The van der Waals surface area contributed by atoms with Crippen molar-refractivity contribution in [2.75, 3.05) is 17.3 Å². The Morgan fingerprint density at radius 3 is 2.29 bits per heavy atom. The summed E-state index contributed by atoms with van der Waals surface area (Å²) >= 11 is 0. The molecule has 0 saturated carbocycles. The number of benzene rings is 4.